The van der Waals surface area contributed by atoms with Crippen LogP contribution in [0.4, 0.5) is 34.1 Å². The standard InChI is InChI=1S/C68H62N4/c1-41(2)43-27-31-47(32-28-43)69(45-19-13-11-14-20-45)57-37-35-49-53-39-60-54(40-59(53)71-63-51(61(57)65(49)71)23-17-25-55(63)67(5,6)7)50-36-38-58(62-52-24-18-26-56(68(8,9)10)64(52)72(60)66(50)62)70(46-21-15-12-16-22-46)48-33-29-44(30-34-48)42(3)4/h11-42H,1-10H3/i5D3,6D3,7D3,8D3,9D3,10D3,17D,18D,23D,24D,25D,26D,27D,28D,29D,30D,31D,32D,33D,34D,35D,36D,37D,38D,39D,40D. The van der Waals surface area contributed by atoms with Crippen LogP contribution >= 0.6 is 0 Å². The molecule has 13 rings (SSSR count). The van der Waals surface area contributed by atoms with Crippen molar-refractivity contribution in [3.05, 3.63) is 204 Å². The summed E-state index contributed by atoms with van der Waals surface area (Å²) in [5.74, 6) is -1.38. The molecule has 0 atom stereocenters. The van der Waals surface area contributed by atoms with Gasteiger partial charge in [0.2, 0.25) is 0 Å². The molecule has 0 radical (unpaired) electrons. The number of anilines is 6. The lowest BCUT2D eigenvalue weighted by atomic mass is 9.85. The first-order chi connectivity index (χ1) is 50.6. The molecular weight excluding hydrogens is 873 g/mol. The second kappa shape index (κ2) is 15.8. The Morgan fingerprint density at radius 3 is 1.15 bits per heavy atom. The average molecular weight is 974 g/mol. The zero-order valence-electron chi connectivity index (χ0n) is 76.7. The number of hydrogen-bond acceptors (Lipinski definition) is 2. The van der Waals surface area contributed by atoms with Crippen LogP contribution in [0.2, 0.25) is 0 Å². The second-order valence-electron chi connectivity index (χ2n) is 18.4. The summed E-state index contributed by atoms with van der Waals surface area (Å²) in [6, 6.07) is -6.49. The maximum atomic E-state index is 11.0. The Balaban J connectivity index is 1.44. The largest absolute Gasteiger partial charge is 0.310 e. The van der Waals surface area contributed by atoms with E-state index in [1.165, 1.54) is 60.7 Å². The fourth-order valence-electron chi connectivity index (χ4n) is 9.90. The molecule has 0 aliphatic heterocycles. The summed E-state index contributed by atoms with van der Waals surface area (Å²) in [6.45, 7) is -19.9. The van der Waals surface area contributed by atoms with E-state index in [4.69, 9.17) is 24.7 Å². The quantitative estimate of drug-likeness (QED) is 0.151. The Morgan fingerprint density at radius 2 is 0.792 bits per heavy atom. The van der Waals surface area contributed by atoms with E-state index in [0.29, 0.717) is 8.80 Å². The fraction of sp³-hybridized carbons (Fsp3) is 0.206. The molecule has 0 saturated carbocycles. The third-order valence-electron chi connectivity index (χ3n) is 13.1. The van der Waals surface area contributed by atoms with Crippen LogP contribution in [-0.4, -0.2) is 8.80 Å². The zero-order valence-corrected chi connectivity index (χ0v) is 38.7. The summed E-state index contributed by atoms with van der Waals surface area (Å²) in [7, 11) is 0. The molecule has 0 unspecified atom stereocenters. The van der Waals surface area contributed by atoms with Gasteiger partial charge in [0.1, 0.15) is 0 Å². The van der Waals surface area contributed by atoms with Gasteiger partial charge in [0.25, 0.3) is 0 Å². The summed E-state index contributed by atoms with van der Waals surface area (Å²) >= 11 is 0. The van der Waals surface area contributed by atoms with Crippen molar-refractivity contribution in [2.24, 2.45) is 0 Å². The van der Waals surface area contributed by atoms with Gasteiger partial charge in [-0.05, 0) is 118 Å². The summed E-state index contributed by atoms with van der Waals surface area (Å²) in [4.78, 5) is 1.88. The molecule has 0 aliphatic carbocycles. The predicted molar refractivity (Wildman–Crippen MR) is 311 cm³/mol. The highest BCUT2D eigenvalue weighted by atomic mass is 15.2. The van der Waals surface area contributed by atoms with Crippen molar-refractivity contribution in [2.75, 3.05) is 9.80 Å². The molecule has 0 saturated heterocycles. The highest BCUT2D eigenvalue weighted by Crippen LogP contribution is 2.53. The molecule has 0 spiro atoms. The minimum atomic E-state index is -4.39. The van der Waals surface area contributed by atoms with E-state index in [1.54, 1.807) is 27.7 Å². The van der Waals surface area contributed by atoms with Gasteiger partial charge in [0.15, 0.2) is 0 Å². The monoisotopic (exact) mass is 973 g/mol. The lowest BCUT2D eigenvalue weighted by Gasteiger charge is -2.27. The Bertz CT molecular complexity index is 5630. The zero-order chi connectivity index (χ0) is 81.9. The van der Waals surface area contributed by atoms with E-state index in [-0.39, 0.29) is 22.5 Å². The lowest BCUT2D eigenvalue weighted by molar-refractivity contribution is 0.594. The molecule has 72 heavy (non-hydrogen) atoms. The molecule has 0 bridgehead atoms. The number of aromatic nitrogens is 2. The molecule has 4 heterocycles. The molecule has 4 heteroatoms. The molecule has 13 aromatic rings. The molecule has 4 nitrogen and oxygen atoms in total. The Hall–Kier alpha value is -7.82. The minimum Gasteiger partial charge on any atom is -0.310 e. The average Bonchev–Trinajstić information content (AvgIpc) is 1.47. The van der Waals surface area contributed by atoms with Crippen molar-refractivity contribution in [1.29, 1.82) is 0 Å². The third kappa shape index (κ3) is 6.43. The van der Waals surface area contributed by atoms with Crippen LogP contribution in [0.3, 0.4) is 0 Å². The van der Waals surface area contributed by atoms with Gasteiger partial charge in [0.05, 0.1) is 71.9 Å². The maximum Gasteiger partial charge on any atom is 0.0653 e. The van der Waals surface area contributed by atoms with Crippen LogP contribution in [0, 0.1) is 0 Å². The van der Waals surface area contributed by atoms with Gasteiger partial charge in [-0.3, -0.25) is 0 Å². The van der Waals surface area contributed by atoms with Crippen molar-refractivity contribution in [3.8, 4) is 0 Å². The van der Waals surface area contributed by atoms with Crippen LogP contribution in [0.5, 0.6) is 0 Å². The highest BCUT2D eigenvalue weighted by molar-refractivity contribution is 6.32. The lowest BCUT2D eigenvalue weighted by Crippen LogP contribution is -2.12. The second-order valence-corrected chi connectivity index (χ2v) is 18.4. The maximum absolute atomic E-state index is 11.0. The molecule has 4 aromatic heterocycles. The molecular formula is C68H62N4. The van der Waals surface area contributed by atoms with E-state index in [9.17, 15) is 27.4 Å². The van der Waals surface area contributed by atoms with Crippen molar-refractivity contribution >= 4 is 110 Å². The Morgan fingerprint density at radius 1 is 0.403 bits per heavy atom. The van der Waals surface area contributed by atoms with E-state index in [1.807, 2.05) is 0 Å². The number of para-hydroxylation sites is 4. The van der Waals surface area contributed by atoms with Gasteiger partial charge in [-0.25, -0.2) is 0 Å². The molecule has 9 aromatic carbocycles. The summed E-state index contributed by atoms with van der Waals surface area (Å²) in [5.41, 5.74) is -20.9. The molecule has 0 amide bonds. The molecule has 0 fully saturated rings. The van der Waals surface area contributed by atoms with Gasteiger partial charge in [-0.1, -0.05) is 178 Å². The van der Waals surface area contributed by atoms with Crippen LogP contribution in [0.25, 0.3) is 76.2 Å². The Labute approximate surface area is 476 Å². The minimum absolute atomic E-state index is 0.104. The first kappa shape index (κ1) is 19.7. The molecule has 0 N–H and O–H groups in total. The van der Waals surface area contributed by atoms with Crippen molar-refractivity contribution in [1.82, 2.24) is 8.80 Å². The van der Waals surface area contributed by atoms with Crippen LogP contribution < -0.4 is 9.80 Å². The van der Waals surface area contributed by atoms with Crippen molar-refractivity contribution in [3.63, 3.8) is 0 Å². The van der Waals surface area contributed by atoms with Crippen LogP contribution in [0.1, 0.15) is 155 Å². The first-order valence-electron chi connectivity index (χ1n) is 41.9. The number of fused-ring (bicyclic) bond motifs is 12. The predicted octanol–water partition coefficient (Wildman–Crippen LogP) is 19.8. The fourth-order valence-corrected chi connectivity index (χ4v) is 9.90. The van der Waals surface area contributed by atoms with E-state index in [0.717, 1.165) is 9.80 Å². The van der Waals surface area contributed by atoms with Crippen molar-refractivity contribution in [2.45, 2.75) is 91.5 Å². The smallest absolute Gasteiger partial charge is 0.0653 e. The van der Waals surface area contributed by atoms with Gasteiger partial charge < -0.3 is 18.6 Å². The number of rotatable bonds is 8. The summed E-state index contributed by atoms with van der Waals surface area (Å²) < 4.78 is 365. The van der Waals surface area contributed by atoms with E-state index in [2.05, 4.69) is 0 Å². The third-order valence-corrected chi connectivity index (χ3v) is 13.1. The normalized spacial score (nSPS) is 21.5. The SMILES string of the molecule is [2H]c1c([2H])c(N(c2ccccc2)c2c([2H])c([2H])c3c4c([2H])c5c(c([2H])c4n4c6c(C(C([2H])([2H])[2H])(C([2H])([2H])[2H])C([2H])([2H])[2H])c([2H])c([2H])c([2H])c6c2c34)c2c([2H])c([2H])c(N(c3ccccc3)c3c([2H])c([2H])c(C(C)C)c([2H])c3[2H])c3c4c([2H])c([2H])c([2H])c(C(C([2H])([2H])[2H])(C([2H])([2H])[2H])C([2H])([2H])[2H])c4n5c23)c([2H])c([2H])c1C(C)C. The van der Waals surface area contributed by atoms with E-state index >= 15 is 0 Å². The van der Waals surface area contributed by atoms with Crippen molar-refractivity contribution < 1.29 is 52.1 Å². The van der Waals surface area contributed by atoms with Gasteiger partial charge in [0, 0.05) is 90.5 Å². The summed E-state index contributed by atoms with van der Waals surface area (Å²) in [5, 5.41) is -6.56. The van der Waals surface area contributed by atoms with Gasteiger partial charge in [-0.15, -0.1) is 0 Å². The number of nitrogens with zero attached hydrogens (tertiary/aromatic N) is 4. The van der Waals surface area contributed by atoms with Crippen LogP contribution in [-0.2, 0) is 10.8 Å². The molecule has 354 valence electrons. The summed E-state index contributed by atoms with van der Waals surface area (Å²) in [6.07, 6.45) is 0. The van der Waals surface area contributed by atoms with Crippen LogP contribution in [0.15, 0.2) is 182 Å². The Kier molecular flexibility index (Phi) is 4.32. The highest BCUT2D eigenvalue weighted by Gasteiger charge is 2.31. The van der Waals surface area contributed by atoms with E-state index < -0.39 is 295 Å². The van der Waals surface area contributed by atoms with Gasteiger partial charge >= 0.3 is 0 Å². The van der Waals surface area contributed by atoms with Gasteiger partial charge in [-0.2, -0.15) is 0 Å². The first-order valence-corrected chi connectivity index (χ1v) is 22.9. The molecule has 0 aliphatic rings. The topological polar surface area (TPSA) is 15.3 Å². The number of benzene rings is 9. The number of hydrogen-bond donors (Lipinski definition) is 0.